The smallest absolute Gasteiger partial charge is 0.269 e. The van der Waals surface area contributed by atoms with Crippen molar-refractivity contribution in [2.75, 3.05) is 33.2 Å². The number of aromatic nitrogens is 1. The van der Waals surface area contributed by atoms with E-state index in [-0.39, 0.29) is 9.92 Å². The normalized spacial score (nSPS) is 16.7. The molecule has 28 heavy (non-hydrogen) atoms. The molecule has 1 saturated heterocycles. The Morgan fingerprint density at radius 2 is 1.79 bits per heavy atom. The van der Waals surface area contributed by atoms with Gasteiger partial charge < -0.3 is 4.90 Å². The van der Waals surface area contributed by atoms with Crippen molar-refractivity contribution in [3.05, 3.63) is 65.1 Å². The quantitative estimate of drug-likeness (QED) is 0.647. The highest BCUT2D eigenvalue weighted by Gasteiger charge is 2.25. The molecular formula is C20H21ClFN3O2S. The van der Waals surface area contributed by atoms with Gasteiger partial charge in [-0.3, -0.25) is 4.90 Å². The van der Waals surface area contributed by atoms with Crippen LogP contribution in [0.15, 0.2) is 53.6 Å². The number of likely N-dealkylation sites (N-methyl/N-ethyl adjacent to an activating group) is 1. The standard InChI is InChI=1S/C20H21ClFN3O2S/c1-23-8-10-24(11-9-23)13-15-14-25(19-5-3-2-4-17(15)19)28(26,27)20-7-6-16(22)12-18(20)21/h2-7,12,14H,8-11,13H2,1H3. The summed E-state index contributed by atoms with van der Waals surface area (Å²) in [4.78, 5) is 4.49. The summed E-state index contributed by atoms with van der Waals surface area (Å²) in [5.74, 6) is -0.572. The van der Waals surface area contributed by atoms with E-state index in [0.29, 0.717) is 12.1 Å². The van der Waals surface area contributed by atoms with Crippen molar-refractivity contribution in [1.82, 2.24) is 13.8 Å². The number of benzene rings is 2. The monoisotopic (exact) mass is 421 g/mol. The first kappa shape index (κ1) is 19.4. The number of hydrogen-bond donors (Lipinski definition) is 0. The van der Waals surface area contributed by atoms with Crippen LogP contribution in [0.2, 0.25) is 5.02 Å². The minimum atomic E-state index is -3.95. The van der Waals surface area contributed by atoms with Crippen LogP contribution in [0, 0.1) is 5.82 Å². The average molecular weight is 422 g/mol. The van der Waals surface area contributed by atoms with Crippen LogP contribution in [0.5, 0.6) is 0 Å². The minimum absolute atomic E-state index is 0.109. The van der Waals surface area contributed by atoms with Crippen LogP contribution in [-0.4, -0.2) is 55.4 Å². The molecule has 8 heteroatoms. The maximum atomic E-state index is 13.4. The van der Waals surface area contributed by atoms with Gasteiger partial charge in [0.1, 0.15) is 10.7 Å². The Bertz CT molecular complexity index is 1120. The highest BCUT2D eigenvalue weighted by molar-refractivity contribution is 7.90. The molecule has 0 spiro atoms. The largest absolute Gasteiger partial charge is 0.304 e. The highest BCUT2D eigenvalue weighted by atomic mass is 35.5. The lowest BCUT2D eigenvalue weighted by Gasteiger charge is -2.32. The highest BCUT2D eigenvalue weighted by Crippen LogP contribution is 2.30. The SMILES string of the molecule is CN1CCN(Cc2cn(S(=O)(=O)c3ccc(F)cc3Cl)c3ccccc23)CC1. The molecule has 2 aromatic carbocycles. The molecule has 1 aromatic heterocycles. The summed E-state index contributed by atoms with van der Waals surface area (Å²) in [6, 6.07) is 10.7. The summed E-state index contributed by atoms with van der Waals surface area (Å²) < 4.78 is 41.2. The Morgan fingerprint density at radius 3 is 2.50 bits per heavy atom. The Kier molecular flexibility index (Phi) is 5.18. The van der Waals surface area contributed by atoms with Gasteiger partial charge in [-0.25, -0.2) is 16.8 Å². The first-order valence-electron chi connectivity index (χ1n) is 9.07. The third-order valence-corrected chi connectivity index (χ3v) is 7.34. The number of rotatable bonds is 4. The van der Waals surface area contributed by atoms with Crippen molar-refractivity contribution in [2.45, 2.75) is 11.4 Å². The minimum Gasteiger partial charge on any atom is -0.304 e. The Morgan fingerprint density at radius 1 is 1.07 bits per heavy atom. The molecule has 0 aliphatic carbocycles. The van der Waals surface area contributed by atoms with Crippen LogP contribution in [0.25, 0.3) is 10.9 Å². The second-order valence-corrected chi connectivity index (χ2v) is 9.32. The molecular weight excluding hydrogens is 401 g/mol. The molecule has 148 valence electrons. The Hall–Kier alpha value is -1.93. The van der Waals surface area contributed by atoms with Crippen LogP contribution in [-0.2, 0) is 16.6 Å². The molecule has 0 radical (unpaired) electrons. The van der Waals surface area contributed by atoms with Gasteiger partial charge in [-0.15, -0.1) is 0 Å². The summed E-state index contributed by atoms with van der Waals surface area (Å²) in [5, 5.41) is 0.765. The number of hydrogen-bond acceptors (Lipinski definition) is 4. The van der Waals surface area contributed by atoms with Gasteiger partial charge >= 0.3 is 0 Å². The fourth-order valence-corrected chi connectivity index (χ4v) is 5.48. The second-order valence-electron chi connectivity index (χ2n) is 7.13. The van der Waals surface area contributed by atoms with Gasteiger partial charge in [-0.05, 0) is 36.9 Å². The lowest BCUT2D eigenvalue weighted by Crippen LogP contribution is -2.43. The van der Waals surface area contributed by atoms with E-state index in [2.05, 4.69) is 16.8 Å². The molecule has 0 bridgehead atoms. The predicted molar refractivity (Wildman–Crippen MR) is 109 cm³/mol. The van der Waals surface area contributed by atoms with Gasteiger partial charge in [0.05, 0.1) is 10.5 Å². The van der Waals surface area contributed by atoms with Gasteiger partial charge in [0.25, 0.3) is 10.0 Å². The van der Waals surface area contributed by atoms with E-state index < -0.39 is 15.8 Å². The first-order valence-corrected chi connectivity index (χ1v) is 10.9. The third kappa shape index (κ3) is 3.55. The lowest BCUT2D eigenvalue weighted by atomic mass is 10.1. The molecule has 2 heterocycles. The molecule has 0 unspecified atom stereocenters. The molecule has 4 rings (SSSR count). The van der Waals surface area contributed by atoms with Crippen molar-refractivity contribution in [3.8, 4) is 0 Å². The molecule has 0 saturated carbocycles. The number of piperazine rings is 1. The van der Waals surface area contributed by atoms with Gasteiger partial charge in [0.2, 0.25) is 0 Å². The van der Waals surface area contributed by atoms with Crippen molar-refractivity contribution in [1.29, 1.82) is 0 Å². The summed E-state index contributed by atoms with van der Waals surface area (Å²) in [6.45, 7) is 4.53. The van der Waals surface area contributed by atoms with Crippen LogP contribution < -0.4 is 0 Å². The fourth-order valence-electron chi connectivity index (χ4n) is 3.58. The Balaban J connectivity index is 1.77. The van der Waals surface area contributed by atoms with Gasteiger partial charge in [-0.2, -0.15) is 0 Å². The Labute approximate surface area is 169 Å². The molecule has 0 atom stereocenters. The van der Waals surface area contributed by atoms with Crippen molar-refractivity contribution >= 4 is 32.5 Å². The zero-order valence-corrected chi connectivity index (χ0v) is 17.0. The average Bonchev–Trinajstić information content (AvgIpc) is 3.03. The lowest BCUT2D eigenvalue weighted by molar-refractivity contribution is 0.148. The zero-order chi connectivity index (χ0) is 19.9. The van der Waals surface area contributed by atoms with E-state index in [4.69, 9.17) is 11.6 Å². The summed E-state index contributed by atoms with van der Waals surface area (Å²) in [7, 11) is -1.85. The van der Waals surface area contributed by atoms with Gasteiger partial charge in [-0.1, -0.05) is 29.8 Å². The van der Waals surface area contributed by atoms with Crippen molar-refractivity contribution in [2.24, 2.45) is 0 Å². The molecule has 0 amide bonds. The number of halogens is 2. The molecule has 5 nitrogen and oxygen atoms in total. The molecule has 1 fully saturated rings. The predicted octanol–water partition coefficient (Wildman–Crippen LogP) is 3.42. The first-order chi connectivity index (χ1) is 13.4. The van der Waals surface area contributed by atoms with E-state index in [9.17, 15) is 12.8 Å². The summed E-state index contributed by atoms with van der Waals surface area (Å²) in [5.41, 5.74) is 1.54. The molecule has 1 aliphatic heterocycles. The maximum absolute atomic E-state index is 13.4. The maximum Gasteiger partial charge on any atom is 0.269 e. The number of para-hydroxylation sites is 1. The van der Waals surface area contributed by atoms with Crippen molar-refractivity contribution in [3.63, 3.8) is 0 Å². The third-order valence-electron chi connectivity index (χ3n) is 5.18. The molecule has 0 N–H and O–H groups in total. The van der Waals surface area contributed by atoms with Crippen LogP contribution in [0.1, 0.15) is 5.56 Å². The summed E-state index contributed by atoms with van der Waals surface area (Å²) >= 11 is 6.05. The van der Waals surface area contributed by atoms with E-state index in [1.54, 1.807) is 18.3 Å². The van der Waals surface area contributed by atoms with E-state index >= 15 is 0 Å². The van der Waals surface area contributed by atoms with Gasteiger partial charge in [0, 0.05) is 44.3 Å². The van der Waals surface area contributed by atoms with Crippen molar-refractivity contribution < 1.29 is 12.8 Å². The fraction of sp³-hybridized carbons (Fsp3) is 0.300. The van der Waals surface area contributed by atoms with Crippen LogP contribution in [0.3, 0.4) is 0 Å². The second kappa shape index (κ2) is 7.48. The van der Waals surface area contributed by atoms with E-state index in [1.807, 2.05) is 12.1 Å². The zero-order valence-electron chi connectivity index (χ0n) is 15.5. The van der Waals surface area contributed by atoms with Crippen LogP contribution >= 0.6 is 11.6 Å². The number of fused-ring (bicyclic) bond motifs is 1. The number of nitrogens with zero attached hydrogens (tertiary/aromatic N) is 3. The molecule has 1 aliphatic rings. The summed E-state index contributed by atoms with van der Waals surface area (Å²) in [6.07, 6.45) is 1.66. The molecule has 3 aromatic rings. The van der Waals surface area contributed by atoms with E-state index in [1.165, 1.54) is 10.0 Å². The van der Waals surface area contributed by atoms with E-state index in [0.717, 1.165) is 49.3 Å². The van der Waals surface area contributed by atoms with Gasteiger partial charge in [0.15, 0.2) is 0 Å². The topological polar surface area (TPSA) is 45.5 Å². The van der Waals surface area contributed by atoms with Crippen LogP contribution in [0.4, 0.5) is 4.39 Å².